The SMILES string of the molecule is CC(C)c1nnc(Cn2cc(-c3ncccn3)cn2)s1. The highest BCUT2D eigenvalue weighted by Crippen LogP contribution is 2.20. The molecule has 7 heteroatoms. The third kappa shape index (κ3) is 2.72. The molecule has 0 saturated heterocycles. The second kappa shape index (κ2) is 5.46. The van der Waals surface area contributed by atoms with Gasteiger partial charge in [0.1, 0.15) is 10.0 Å². The average Bonchev–Trinajstić information content (AvgIpc) is 3.10. The molecule has 102 valence electrons. The van der Waals surface area contributed by atoms with E-state index in [0.29, 0.717) is 18.3 Å². The number of nitrogens with zero attached hydrogens (tertiary/aromatic N) is 6. The van der Waals surface area contributed by atoms with Gasteiger partial charge in [0.05, 0.1) is 18.3 Å². The molecule has 3 aromatic rings. The van der Waals surface area contributed by atoms with Crippen LogP contribution in [0.4, 0.5) is 0 Å². The van der Waals surface area contributed by atoms with Crippen LogP contribution in [0.15, 0.2) is 30.9 Å². The van der Waals surface area contributed by atoms with Crippen LogP contribution < -0.4 is 0 Å². The first-order valence-electron chi connectivity index (χ1n) is 6.34. The van der Waals surface area contributed by atoms with Crippen LogP contribution in [0.1, 0.15) is 29.8 Å². The van der Waals surface area contributed by atoms with Crippen molar-refractivity contribution < 1.29 is 0 Å². The Morgan fingerprint density at radius 3 is 2.70 bits per heavy atom. The molecule has 0 saturated carbocycles. The minimum absolute atomic E-state index is 0.409. The molecule has 0 amide bonds. The predicted molar refractivity (Wildman–Crippen MR) is 76.4 cm³/mol. The molecule has 0 fully saturated rings. The summed E-state index contributed by atoms with van der Waals surface area (Å²) < 4.78 is 1.83. The molecule has 0 radical (unpaired) electrons. The van der Waals surface area contributed by atoms with Crippen molar-refractivity contribution in [2.24, 2.45) is 0 Å². The summed E-state index contributed by atoms with van der Waals surface area (Å²) in [6.07, 6.45) is 7.13. The van der Waals surface area contributed by atoms with Crippen molar-refractivity contribution in [1.29, 1.82) is 0 Å². The molecule has 20 heavy (non-hydrogen) atoms. The zero-order chi connectivity index (χ0) is 13.9. The summed E-state index contributed by atoms with van der Waals surface area (Å²) in [6.45, 7) is 4.85. The fourth-order valence-corrected chi connectivity index (χ4v) is 2.55. The van der Waals surface area contributed by atoms with E-state index < -0.39 is 0 Å². The molecule has 6 nitrogen and oxygen atoms in total. The van der Waals surface area contributed by atoms with E-state index in [1.807, 2.05) is 10.9 Å². The lowest BCUT2D eigenvalue weighted by Crippen LogP contribution is -1.99. The Morgan fingerprint density at radius 2 is 2.00 bits per heavy atom. The Balaban J connectivity index is 1.77. The monoisotopic (exact) mass is 286 g/mol. The van der Waals surface area contributed by atoms with Gasteiger partial charge in [-0.2, -0.15) is 5.10 Å². The highest BCUT2D eigenvalue weighted by molar-refractivity contribution is 7.11. The third-order valence-corrected chi connectivity index (χ3v) is 3.94. The van der Waals surface area contributed by atoms with Crippen molar-refractivity contribution >= 4 is 11.3 Å². The van der Waals surface area contributed by atoms with Gasteiger partial charge in [-0.3, -0.25) is 4.68 Å². The molecule has 0 aromatic carbocycles. The molecule has 0 aliphatic carbocycles. The van der Waals surface area contributed by atoms with Crippen molar-refractivity contribution in [3.05, 3.63) is 40.9 Å². The normalized spacial score (nSPS) is 11.2. The van der Waals surface area contributed by atoms with E-state index in [2.05, 4.69) is 39.1 Å². The molecule has 0 spiro atoms. The second-order valence-electron chi connectivity index (χ2n) is 4.69. The van der Waals surface area contributed by atoms with Crippen molar-refractivity contribution in [2.45, 2.75) is 26.3 Å². The van der Waals surface area contributed by atoms with E-state index in [1.165, 1.54) is 0 Å². The Hall–Kier alpha value is -2.15. The molecule has 3 aromatic heterocycles. The molecule has 0 N–H and O–H groups in total. The largest absolute Gasteiger partial charge is 0.265 e. The molecule has 3 heterocycles. The first kappa shape index (κ1) is 12.9. The highest BCUT2D eigenvalue weighted by Gasteiger charge is 2.09. The molecule has 0 unspecified atom stereocenters. The quantitative estimate of drug-likeness (QED) is 0.736. The molecule has 0 aliphatic heterocycles. The van der Waals surface area contributed by atoms with Crippen LogP contribution in [-0.2, 0) is 6.54 Å². The van der Waals surface area contributed by atoms with E-state index in [9.17, 15) is 0 Å². The lowest BCUT2D eigenvalue weighted by molar-refractivity contribution is 0.676. The summed E-state index contributed by atoms with van der Waals surface area (Å²) in [4.78, 5) is 8.41. The van der Waals surface area contributed by atoms with E-state index in [1.54, 1.807) is 36.0 Å². The van der Waals surface area contributed by atoms with Gasteiger partial charge in [-0.05, 0) is 6.07 Å². The Morgan fingerprint density at radius 1 is 1.20 bits per heavy atom. The lowest BCUT2D eigenvalue weighted by Gasteiger charge is -1.96. The molecular formula is C13H14N6S. The van der Waals surface area contributed by atoms with Crippen LogP contribution in [0.3, 0.4) is 0 Å². The maximum absolute atomic E-state index is 4.32. The van der Waals surface area contributed by atoms with Gasteiger partial charge in [0, 0.05) is 24.5 Å². The zero-order valence-electron chi connectivity index (χ0n) is 11.3. The number of hydrogen-bond acceptors (Lipinski definition) is 6. The van der Waals surface area contributed by atoms with Crippen LogP contribution in [0, 0.1) is 0 Å². The van der Waals surface area contributed by atoms with Crippen molar-refractivity contribution in [3.63, 3.8) is 0 Å². The average molecular weight is 286 g/mol. The Kier molecular flexibility index (Phi) is 3.51. The fourth-order valence-electron chi connectivity index (χ4n) is 1.72. The lowest BCUT2D eigenvalue weighted by atomic mass is 10.2. The Labute approximate surface area is 120 Å². The highest BCUT2D eigenvalue weighted by atomic mass is 32.1. The number of rotatable bonds is 4. The van der Waals surface area contributed by atoms with Gasteiger partial charge >= 0.3 is 0 Å². The minimum atomic E-state index is 0.409. The van der Waals surface area contributed by atoms with Gasteiger partial charge in [-0.1, -0.05) is 25.2 Å². The molecule has 0 aliphatic rings. The maximum Gasteiger partial charge on any atom is 0.162 e. The summed E-state index contributed by atoms with van der Waals surface area (Å²) in [7, 11) is 0. The summed E-state index contributed by atoms with van der Waals surface area (Å²) >= 11 is 1.63. The van der Waals surface area contributed by atoms with Gasteiger partial charge in [0.25, 0.3) is 0 Å². The standard InChI is InChI=1S/C13H14N6S/c1-9(2)13-18-17-11(20-13)8-19-7-10(6-16-19)12-14-4-3-5-15-12/h3-7,9H,8H2,1-2H3. The van der Waals surface area contributed by atoms with E-state index in [-0.39, 0.29) is 0 Å². The van der Waals surface area contributed by atoms with Gasteiger partial charge in [0.2, 0.25) is 0 Å². The fraction of sp³-hybridized carbons (Fsp3) is 0.308. The van der Waals surface area contributed by atoms with Gasteiger partial charge < -0.3 is 0 Å². The van der Waals surface area contributed by atoms with Crippen LogP contribution in [0.25, 0.3) is 11.4 Å². The van der Waals surface area contributed by atoms with Crippen LogP contribution in [0.2, 0.25) is 0 Å². The maximum atomic E-state index is 4.32. The van der Waals surface area contributed by atoms with Gasteiger partial charge in [-0.25, -0.2) is 9.97 Å². The summed E-state index contributed by atoms with van der Waals surface area (Å²) in [6, 6.07) is 1.79. The van der Waals surface area contributed by atoms with Gasteiger partial charge in [0.15, 0.2) is 5.82 Å². The molecule has 0 bridgehead atoms. The minimum Gasteiger partial charge on any atom is -0.265 e. The molecule has 0 atom stereocenters. The van der Waals surface area contributed by atoms with E-state index in [4.69, 9.17) is 0 Å². The predicted octanol–water partition coefficient (Wildman–Crippen LogP) is 2.36. The van der Waals surface area contributed by atoms with Crippen LogP contribution >= 0.6 is 11.3 Å². The van der Waals surface area contributed by atoms with Crippen LogP contribution in [-0.4, -0.2) is 29.9 Å². The van der Waals surface area contributed by atoms with Crippen molar-refractivity contribution in [1.82, 2.24) is 29.9 Å². The second-order valence-corrected chi connectivity index (χ2v) is 5.78. The molecular weight excluding hydrogens is 272 g/mol. The first-order valence-corrected chi connectivity index (χ1v) is 7.16. The smallest absolute Gasteiger partial charge is 0.162 e. The summed E-state index contributed by atoms with van der Waals surface area (Å²) in [5.74, 6) is 1.09. The van der Waals surface area contributed by atoms with E-state index in [0.717, 1.165) is 15.6 Å². The third-order valence-electron chi connectivity index (χ3n) is 2.73. The first-order chi connectivity index (χ1) is 9.72. The van der Waals surface area contributed by atoms with Crippen molar-refractivity contribution in [2.75, 3.05) is 0 Å². The number of aromatic nitrogens is 6. The summed E-state index contributed by atoms with van der Waals surface area (Å²) in [5, 5.41) is 14.7. The van der Waals surface area contributed by atoms with Crippen LogP contribution in [0.5, 0.6) is 0 Å². The van der Waals surface area contributed by atoms with Crippen molar-refractivity contribution in [3.8, 4) is 11.4 Å². The number of hydrogen-bond donors (Lipinski definition) is 0. The topological polar surface area (TPSA) is 69.4 Å². The van der Waals surface area contributed by atoms with E-state index >= 15 is 0 Å². The Bertz CT molecular complexity index is 688. The zero-order valence-corrected chi connectivity index (χ0v) is 12.1. The summed E-state index contributed by atoms with van der Waals surface area (Å²) in [5.41, 5.74) is 0.902. The molecule has 3 rings (SSSR count). The van der Waals surface area contributed by atoms with Gasteiger partial charge in [-0.15, -0.1) is 10.2 Å².